The minimum absolute atomic E-state index is 1.17. The molecule has 4 nitrogen and oxygen atoms in total. The van der Waals surface area contributed by atoms with Crippen LogP contribution in [0.4, 0.5) is 0 Å². The molecule has 15 aromatic carbocycles. The van der Waals surface area contributed by atoms with Crippen molar-refractivity contribution in [3.05, 3.63) is 364 Å². The van der Waals surface area contributed by atoms with E-state index < -0.39 is 0 Å². The van der Waals surface area contributed by atoms with Gasteiger partial charge in [0.05, 0.1) is 44.1 Å². The molecule has 0 N–H and O–H groups in total. The monoisotopic (exact) mass is 1200 g/mol. The fourth-order valence-electron chi connectivity index (χ4n) is 14.6. The van der Waals surface area contributed by atoms with Gasteiger partial charge >= 0.3 is 0 Å². The molecule has 0 aliphatic carbocycles. The van der Waals surface area contributed by atoms with Crippen molar-refractivity contribution in [3.8, 4) is 78.4 Å². The van der Waals surface area contributed by atoms with Gasteiger partial charge in [-0.3, -0.25) is 0 Å². The minimum Gasteiger partial charge on any atom is -0.309 e. The number of fused-ring (bicyclic) bond motifs is 12. The summed E-state index contributed by atoms with van der Waals surface area (Å²) in [5, 5.41) is 10.1. The Bertz CT molecular complexity index is 5880. The molecule has 0 aliphatic rings. The van der Waals surface area contributed by atoms with Gasteiger partial charge in [0.25, 0.3) is 0 Å². The fourth-order valence-corrected chi connectivity index (χ4v) is 14.6. The first-order valence-corrected chi connectivity index (χ1v) is 32.3. The third-order valence-electron chi connectivity index (χ3n) is 19.0. The Morgan fingerprint density at radius 2 is 0.319 bits per heavy atom. The van der Waals surface area contributed by atoms with E-state index in [1.165, 1.54) is 166 Å². The number of aromatic nitrogens is 4. The highest BCUT2D eigenvalue weighted by Crippen LogP contribution is 2.41. The van der Waals surface area contributed by atoms with Crippen LogP contribution in [0.15, 0.2) is 364 Å². The molecule has 0 saturated heterocycles. The molecule has 0 radical (unpaired) electrons. The number of para-hydroxylation sites is 7. The van der Waals surface area contributed by atoms with Gasteiger partial charge in [-0.05, 0) is 177 Å². The van der Waals surface area contributed by atoms with Crippen LogP contribution in [0.25, 0.3) is 166 Å². The first-order chi connectivity index (χ1) is 46.6. The number of nitrogens with zero attached hydrogens (tertiary/aromatic N) is 4. The van der Waals surface area contributed by atoms with Gasteiger partial charge in [0.15, 0.2) is 0 Å². The van der Waals surface area contributed by atoms with Gasteiger partial charge in [0, 0.05) is 65.8 Å². The zero-order chi connectivity index (χ0) is 62.1. The minimum atomic E-state index is 1.17. The van der Waals surface area contributed by atoms with Gasteiger partial charge in [-0.25, -0.2) is 0 Å². The maximum absolute atomic E-state index is 2.40. The molecule has 0 amide bonds. The van der Waals surface area contributed by atoms with Crippen LogP contribution in [0.5, 0.6) is 0 Å². The molecule has 440 valence electrons. The van der Waals surface area contributed by atoms with E-state index in [1.807, 2.05) is 0 Å². The van der Waals surface area contributed by atoms with Crippen molar-refractivity contribution in [2.45, 2.75) is 0 Å². The Morgan fingerprint density at radius 3 is 0.628 bits per heavy atom. The van der Waals surface area contributed by atoms with E-state index in [4.69, 9.17) is 0 Å². The number of benzene rings is 15. The highest BCUT2D eigenvalue weighted by atomic mass is 15.0. The molecular weight excluding hydrogens is 1140 g/mol. The standard InChI is InChI=1S/C48H32N2.C42H28N2/c1-3-12-33(13-4-1)36-14-11-17-40(30-36)50-46-21-10-8-19-42(46)44-32-38(27-29-48(44)50)35-24-22-34(23-25-35)37-26-28-47-43(31-37)41-18-7-9-20-45(41)49(47)39-15-5-2-6-16-39;1-3-11-33(12-4-1)43-39-17-9-7-15-35(39)37-27-31(23-25-41(37)43)29-19-21-30(22-20-29)32-24-26-42-38(28-32)36-16-8-10-18-40(36)44(42)34-13-5-2-6-14-34/h1-32H;1-28H. The predicted octanol–water partition coefficient (Wildman–Crippen LogP) is 24.1. The first-order valence-electron chi connectivity index (χ1n) is 32.3. The van der Waals surface area contributed by atoms with Crippen LogP contribution in [0, 0.1) is 0 Å². The van der Waals surface area contributed by atoms with Crippen molar-refractivity contribution < 1.29 is 0 Å². The van der Waals surface area contributed by atoms with Crippen LogP contribution in [0.2, 0.25) is 0 Å². The lowest BCUT2D eigenvalue weighted by Gasteiger charge is -2.11. The molecular formula is C90H60N4. The maximum atomic E-state index is 2.40. The average molecular weight is 1200 g/mol. The van der Waals surface area contributed by atoms with Crippen LogP contribution in [0.3, 0.4) is 0 Å². The summed E-state index contributed by atoms with van der Waals surface area (Å²) < 4.78 is 9.49. The molecule has 19 rings (SSSR count). The SMILES string of the molecule is c1ccc(-c2cccc(-n3c4ccccc4c4cc(-c5ccc(-c6ccc7c(c6)c6ccccc6n7-c6ccccc6)cc5)ccc43)c2)cc1.c1ccc(-n2c3ccccc3c3cc(-c4ccc(-c5ccc6c(c5)c5ccccc5n6-c5ccccc5)cc4)ccc32)cc1. The Balaban J connectivity index is 0.000000139. The van der Waals surface area contributed by atoms with Crippen molar-refractivity contribution in [2.24, 2.45) is 0 Å². The zero-order valence-electron chi connectivity index (χ0n) is 51.4. The van der Waals surface area contributed by atoms with Crippen molar-refractivity contribution in [1.29, 1.82) is 0 Å². The summed E-state index contributed by atoms with van der Waals surface area (Å²) in [6.45, 7) is 0. The van der Waals surface area contributed by atoms with E-state index in [0.717, 1.165) is 0 Å². The van der Waals surface area contributed by atoms with Crippen molar-refractivity contribution in [1.82, 2.24) is 18.3 Å². The van der Waals surface area contributed by atoms with Crippen LogP contribution < -0.4 is 0 Å². The molecule has 4 heteroatoms. The summed E-state index contributed by atoms with van der Waals surface area (Å²) >= 11 is 0. The van der Waals surface area contributed by atoms with E-state index in [-0.39, 0.29) is 0 Å². The zero-order valence-corrected chi connectivity index (χ0v) is 51.4. The average Bonchev–Trinajstić information content (AvgIpc) is 1.67. The predicted molar refractivity (Wildman–Crippen MR) is 397 cm³/mol. The second-order valence-electron chi connectivity index (χ2n) is 24.4. The molecule has 0 unspecified atom stereocenters. The summed E-state index contributed by atoms with van der Waals surface area (Å²) in [5.74, 6) is 0. The van der Waals surface area contributed by atoms with Crippen LogP contribution in [-0.2, 0) is 0 Å². The molecule has 4 heterocycles. The third-order valence-corrected chi connectivity index (χ3v) is 19.0. The summed E-state index contributed by atoms with van der Waals surface area (Å²) in [6, 6.07) is 132. The van der Waals surface area contributed by atoms with E-state index in [1.54, 1.807) is 0 Å². The lowest BCUT2D eigenvalue weighted by molar-refractivity contribution is 1.18. The highest BCUT2D eigenvalue weighted by molar-refractivity contribution is 6.14. The quantitative estimate of drug-likeness (QED) is 0.137. The van der Waals surface area contributed by atoms with Gasteiger partial charge in [0.1, 0.15) is 0 Å². The highest BCUT2D eigenvalue weighted by Gasteiger charge is 2.19. The Hall–Kier alpha value is -12.5. The second kappa shape index (κ2) is 22.8. The summed E-state index contributed by atoms with van der Waals surface area (Å²) in [5.41, 5.74) is 26.6. The van der Waals surface area contributed by atoms with Gasteiger partial charge in [0.2, 0.25) is 0 Å². The maximum Gasteiger partial charge on any atom is 0.0541 e. The molecule has 0 bridgehead atoms. The molecule has 19 aromatic rings. The van der Waals surface area contributed by atoms with Crippen LogP contribution in [0.1, 0.15) is 0 Å². The summed E-state index contributed by atoms with van der Waals surface area (Å²) in [6.07, 6.45) is 0. The van der Waals surface area contributed by atoms with Crippen LogP contribution in [-0.4, -0.2) is 18.3 Å². The Kier molecular flexibility index (Phi) is 13.2. The molecule has 0 saturated carbocycles. The van der Waals surface area contributed by atoms with E-state index in [9.17, 15) is 0 Å². The van der Waals surface area contributed by atoms with E-state index in [2.05, 4.69) is 382 Å². The lowest BCUT2D eigenvalue weighted by Crippen LogP contribution is -1.94. The molecule has 0 atom stereocenters. The Morgan fingerprint density at radius 1 is 0.117 bits per heavy atom. The molecule has 94 heavy (non-hydrogen) atoms. The third kappa shape index (κ3) is 9.30. The normalized spacial score (nSPS) is 11.6. The van der Waals surface area contributed by atoms with Crippen LogP contribution >= 0.6 is 0 Å². The largest absolute Gasteiger partial charge is 0.309 e. The van der Waals surface area contributed by atoms with Gasteiger partial charge in [-0.2, -0.15) is 0 Å². The second-order valence-corrected chi connectivity index (χ2v) is 24.4. The molecule has 0 aliphatic heterocycles. The first kappa shape index (κ1) is 54.4. The van der Waals surface area contributed by atoms with Crippen molar-refractivity contribution in [2.75, 3.05) is 0 Å². The van der Waals surface area contributed by atoms with Crippen molar-refractivity contribution in [3.63, 3.8) is 0 Å². The van der Waals surface area contributed by atoms with Gasteiger partial charge < -0.3 is 18.3 Å². The topological polar surface area (TPSA) is 19.7 Å². The smallest absolute Gasteiger partial charge is 0.0541 e. The lowest BCUT2D eigenvalue weighted by atomic mass is 9.98. The Labute approximate surface area is 544 Å². The van der Waals surface area contributed by atoms with E-state index in [0.29, 0.717) is 0 Å². The molecule has 0 spiro atoms. The van der Waals surface area contributed by atoms with Gasteiger partial charge in [-0.15, -0.1) is 0 Å². The summed E-state index contributed by atoms with van der Waals surface area (Å²) in [7, 11) is 0. The number of hydrogen-bond donors (Lipinski definition) is 0. The van der Waals surface area contributed by atoms with Gasteiger partial charge in [-0.1, -0.05) is 243 Å². The van der Waals surface area contributed by atoms with Crippen molar-refractivity contribution >= 4 is 87.2 Å². The van der Waals surface area contributed by atoms with E-state index >= 15 is 0 Å². The number of rotatable bonds is 9. The number of hydrogen-bond acceptors (Lipinski definition) is 0. The summed E-state index contributed by atoms with van der Waals surface area (Å²) in [4.78, 5) is 0. The fraction of sp³-hybridized carbons (Fsp3) is 0. The molecule has 0 fully saturated rings. The molecule has 4 aromatic heterocycles.